The fourth-order valence-electron chi connectivity index (χ4n) is 3.21. The summed E-state index contributed by atoms with van der Waals surface area (Å²) in [6.07, 6.45) is 0. The van der Waals surface area contributed by atoms with Crippen LogP contribution < -0.4 is 4.74 Å². The Morgan fingerprint density at radius 1 is 1.25 bits per heavy atom. The maximum atomic E-state index is 12.5. The second kappa shape index (κ2) is 6.31. The monoisotopic (exact) mass is 335 g/mol. The SMILES string of the molecule is C=C1c2ccc(OC)cc2[C@@H](C[N+](=O)[O-])C1(C(=O)OC)C(=O)OC. The van der Waals surface area contributed by atoms with E-state index in [1.54, 1.807) is 18.2 Å². The van der Waals surface area contributed by atoms with Crippen LogP contribution in [-0.2, 0) is 19.1 Å². The molecule has 0 fully saturated rings. The van der Waals surface area contributed by atoms with Gasteiger partial charge >= 0.3 is 11.9 Å². The third-order valence-corrected chi connectivity index (χ3v) is 4.30. The van der Waals surface area contributed by atoms with Crippen molar-refractivity contribution in [3.63, 3.8) is 0 Å². The molecular weight excluding hydrogens is 318 g/mol. The highest BCUT2D eigenvalue weighted by Gasteiger charge is 2.63. The van der Waals surface area contributed by atoms with E-state index in [0.29, 0.717) is 16.9 Å². The zero-order valence-electron chi connectivity index (χ0n) is 13.5. The first-order valence-corrected chi connectivity index (χ1v) is 7.00. The first-order valence-electron chi connectivity index (χ1n) is 7.00. The number of rotatable bonds is 5. The van der Waals surface area contributed by atoms with E-state index in [2.05, 4.69) is 6.58 Å². The molecule has 0 amide bonds. The number of hydrogen-bond donors (Lipinski definition) is 0. The number of ether oxygens (including phenoxy) is 3. The molecule has 0 saturated carbocycles. The van der Waals surface area contributed by atoms with Crippen LogP contribution in [0.3, 0.4) is 0 Å². The molecule has 0 aromatic heterocycles. The molecule has 2 rings (SSSR count). The maximum Gasteiger partial charge on any atom is 0.328 e. The highest BCUT2D eigenvalue weighted by Crippen LogP contribution is 2.56. The Labute approximate surface area is 138 Å². The minimum Gasteiger partial charge on any atom is -0.497 e. The largest absolute Gasteiger partial charge is 0.497 e. The first-order chi connectivity index (χ1) is 11.3. The number of benzene rings is 1. The third kappa shape index (κ3) is 2.31. The Morgan fingerprint density at radius 2 is 1.83 bits per heavy atom. The molecule has 0 radical (unpaired) electrons. The second-order valence-corrected chi connectivity index (χ2v) is 5.29. The van der Waals surface area contributed by atoms with Crippen LogP contribution in [0.1, 0.15) is 17.0 Å². The van der Waals surface area contributed by atoms with E-state index < -0.39 is 34.7 Å². The number of carbonyl (C=O) groups is 2. The maximum absolute atomic E-state index is 12.5. The van der Waals surface area contributed by atoms with Gasteiger partial charge in [-0.2, -0.15) is 0 Å². The van der Waals surface area contributed by atoms with Crippen LogP contribution >= 0.6 is 0 Å². The molecule has 1 aromatic rings. The van der Waals surface area contributed by atoms with Crippen LogP contribution in [0.25, 0.3) is 5.57 Å². The molecule has 0 aliphatic heterocycles. The van der Waals surface area contributed by atoms with E-state index in [4.69, 9.17) is 14.2 Å². The Kier molecular flexibility index (Phi) is 4.59. The van der Waals surface area contributed by atoms with Crippen LogP contribution in [0.15, 0.2) is 24.8 Å². The number of esters is 2. The number of carbonyl (C=O) groups excluding carboxylic acids is 2. The molecule has 8 heteroatoms. The molecule has 128 valence electrons. The molecule has 0 heterocycles. The molecule has 8 nitrogen and oxygen atoms in total. The van der Waals surface area contributed by atoms with Crippen molar-refractivity contribution in [2.75, 3.05) is 27.9 Å². The average Bonchev–Trinajstić information content (AvgIpc) is 2.82. The van der Waals surface area contributed by atoms with Gasteiger partial charge in [0.05, 0.1) is 27.2 Å². The van der Waals surface area contributed by atoms with Crippen LogP contribution in [0.5, 0.6) is 5.75 Å². The van der Waals surface area contributed by atoms with E-state index in [9.17, 15) is 19.7 Å². The van der Waals surface area contributed by atoms with Gasteiger partial charge in [0.2, 0.25) is 12.0 Å². The molecule has 0 saturated heterocycles. The number of nitro groups is 1. The number of nitrogens with zero attached hydrogens (tertiary/aromatic N) is 1. The van der Waals surface area contributed by atoms with Gasteiger partial charge < -0.3 is 14.2 Å². The lowest BCUT2D eigenvalue weighted by atomic mass is 9.73. The topological polar surface area (TPSA) is 105 Å². The van der Waals surface area contributed by atoms with Crippen LogP contribution in [-0.4, -0.2) is 44.7 Å². The third-order valence-electron chi connectivity index (χ3n) is 4.30. The van der Waals surface area contributed by atoms with E-state index in [0.717, 1.165) is 14.2 Å². The molecule has 1 aromatic carbocycles. The van der Waals surface area contributed by atoms with Gasteiger partial charge in [-0.1, -0.05) is 12.6 Å². The summed E-state index contributed by atoms with van der Waals surface area (Å²) < 4.78 is 14.7. The van der Waals surface area contributed by atoms with Crippen LogP contribution in [0.4, 0.5) is 0 Å². The van der Waals surface area contributed by atoms with Gasteiger partial charge in [-0.25, -0.2) is 0 Å². The minimum absolute atomic E-state index is 0.116. The Morgan fingerprint density at radius 3 is 2.29 bits per heavy atom. The van der Waals surface area contributed by atoms with Crippen molar-refractivity contribution in [2.24, 2.45) is 5.41 Å². The van der Waals surface area contributed by atoms with E-state index >= 15 is 0 Å². The lowest BCUT2D eigenvalue weighted by Crippen LogP contribution is -2.45. The lowest BCUT2D eigenvalue weighted by Gasteiger charge is -2.29. The molecule has 0 spiro atoms. The fourth-order valence-corrected chi connectivity index (χ4v) is 3.21. The molecule has 1 atom stereocenters. The second-order valence-electron chi connectivity index (χ2n) is 5.29. The van der Waals surface area contributed by atoms with Crippen LogP contribution in [0, 0.1) is 15.5 Å². The standard InChI is InChI=1S/C16H17NO7/c1-9-11-6-5-10(22-2)7-12(11)13(8-17(20)21)16(9,14(18)23-3)15(19)24-4/h5-7,13H,1,8H2,2-4H3/t13-/m1/s1. The normalized spacial score (nSPS) is 17.8. The Hall–Kier alpha value is -2.90. The van der Waals surface area contributed by atoms with E-state index in [1.165, 1.54) is 7.11 Å². The van der Waals surface area contributed by atoms with Crippen molar-refractivity contribution in [1.29, 1.82) is 0 Å². The predicted octanol–water partition coefficient (Wildman–Crippen LogP) is 1.41. The molecular formula is C16H17NO7. The zero-order valence-corrected chi connectivity index (χ0v) is 13.5. The lowest BCUT2D eigenvalue weighted by molar-refractivity contribution is -0.484. The summed E-state index contributed by atoms with van der Waals surface area (Å²) in [6, 6.07) is 4.79. The predicted molar refractivity (Wildman–Crippen MR) is 83.1 cm³/mol. The average molecular weight is 335 g/mol. The van der Waals surface area contributed by atoms with Crippen molar-refractivity contribution in [2.45, 2.75) is 5.92 Å². The molecule has 0 N–H and O–H groups in total. The van der Waals surface area contributed by atoms with Crippen LogP contribution in [0.2, 0.25) is 0 Å². The van der Waals surface area contributed by atoms with Gasteiger partial charge in [0.15, 0.2) is 0 Å². The van der Waals surface area contributed by atoms with Gasteiger partial charge in [0.1, 0.15) is 5.75 Å². The number of hydrogen-bond acceptors (Lipinski definition) is 7. The molecule has 1 aliphatic rings. The van der Waals surface area contributed by atoms with Crippen molar-refractivity contribution in [1.82, 2.24) is 0 Å². The Balaban J connectivity index is 2.77. The molecule has 24 heavy (non-hydrogen) atoms. The fraction of sp³-hybridized carbons (Fsp3) is 0.375. The summed E-state index contributed by atoms with van der Waals surface area (Å²) >= 11 is 0. The minimum atomic E-state index is -1.99. The van der Waals surface area contributed by atoms with Gasteiger partial charge in [0.25, 0.3) is 0 Å². The highest BCUT2D eigenvalue weighted by atomic mass is 16.6. The molecule has 0 bridgehead atoms. The van der Waals surface area contributed by atoms with Gasteiger partial charge in [-0.05, 0) is 28.8 Å². The number of methoxy groups -OCH3 is 3. The summed E-state index contributed by atoms with van der Waals surface area (Å²) in [7, 11) is 3.65. The summed E-state index contributed by atoms with van der Waals surface area (Å²) in [5, 5.41) is 11.2. The molecule has 1 aliphatic carbocycles. The Bertz CT molecular complexity index is 709. The van der Waals surface area contributed by atoms with Gasteiger partial charge in [0, 0.05) is 4.92 Å². The highest BCUT2D eigenvalue weighted by molar-refractivity contribution is 6.15. The summed E-state index contributed by atoms with van der Waals surface area (Å²) in [5.41, 5.74) is -0.985. The van der Waals surface area contributed by atoms with Gasteiger partial charge in [-0.3, -0.25) is 19.7 Å². The van der Waals surface area contributed by atoms with Gasteiger partial charge in [-0.15, -0.1) is 0 Å². The summed E-state index contributed by atoms with van der Waals surface area (Å²) in [5.74, 6) is -2.55. The molecule has 0 unspecified atom stereocenters. The van der Waals surface area contributed by atoms with E-state index in [-0.39, 0.29) is 5.57 Å². The van der Waals surface area contributed by atoms with Crippen molar-refractivity contribution < 1.29 is 28.7 Å². The van der Waals surface area contributed by atoms with Crippen molar-refractivity contribution in [3.05, 3.63) is 46.0 Å². The van der Waals surface area contributed by atoms with E-state index in [1.807, 2.05) is 0 Å². The summed E-state index contributed by atoms with van der Waals surface area (Å²) in [6.45, 7) is 3.17. The zero-order chi connectivity index (χ0) is 18.1. The first kappa shape index (κ1) is 17.5. The quantitative estimate of drug-likeness (QED) is 0.347. The summed E-state index contributed by atoms with van der Waals surface area (Å²) in [4.78, 5) is 35.6. The smallest absolute Gasteiger partial charge is 0.328 e. The van der Waals surface area contributed by atoms with Crippen molar-refractivity contribution in [3.8, 4) is 5.75 Å². The van der Waals surface area contributed by atoms with Crippen molar-refractivity contribution >= 4 is 17.5 Å². The number of fused-ring (bicyclic) bond motifs is 1.